The fourth-order valence-corrected chi connectivity index (χ4v) is 3.00. The number of nitrogens with two attached hydrogens (primary N) is 1. The first kappa shape index (κ1) is 13.4. The molecule has 19 heavy (non-hydrogen) atoms. The molecule has 100 valence electrons. The number of aryl methyl sites for hydroxylation is 1. The minimum atomic E-state index is -3.78. The highest BCUT2D eigenvalue weighted by Crippen LogP contribution is 2.21. The molecule has 0 aliphatic carbocycles. The Labute approximate surface area is 111 Å². The Balaban J connectivity index is 2.40. The van der Waals surface area contributed by atoms with Gasteiger partial charge in [-0.15, -0.1) is 0 Å². The lowest BCUT2D eigenvalue weighted by Gasteiger charge is -2.11. The fraction of sp³-hybridized carbons (Fsp3) is 0.0769. The lowest BCUT2D eigenvalue weighted by Crippen LogP contribution is -2.14. The summed E-state index contributed by atoms with van der Waals surface area (Å²) < 4.78 is 39.7. The normalized spacial score (nSPS) is 11.3. The van der Waals surface area contributed by atoms with Gasteiger partial charge in [0.15, 0.2) is 0 Å². The minimum absolute atomic E-state index is 0.0803. The van der Waals surface area contributed by atoms with E-state index >= 15 is 0 Å². The van der Waals surface area contributed by atoms with Gasteiger partial charge >= 0.3 is 0 Å². The molecule has 0 saturated heterocycles. The van der Waals surface area contributed by atoms with E-state index in [-0.39, 0.29) is 10.6 Å². The number of sulfonamides is 1. The van der Waals surface area contributed by atoms with Crippen LogP contribution in [-0.2, 0) is 10.0 Å². The number of anilines is 2. The summed E-state index contributed by atoms with van der Waals surface area (Å²) in [6.45, 7) is 1.67. The third-order valence-electron chi connectivity index (χ3n) is 2.58. The van der Waals surface area contributed by atoms with Crippen LogP contribution in [0.3, 0.4) is 0 Å². The van der Waals surface area contributed by atoms with E-state index in [1.807, 2.05) is 0 Å². The fourth-order valence-electron chi connectivity index (χ4n) is 1.67. The van der Waals surface area contributed by atoms with E-state index in [2.05, 4.69) is 4.72 Å². The molecule has 0 radical (unpaired) electrons. The first-order valence-electron chi connectivity index (χ1n) is 5.53. The van der Waals surface area contributed by atoms with Gasteiger partial charge in [0.2, 0.25) is 0 Å². The maximum absolute atomic E-state index is 13.0. The van der Waals surface area contributed by atoms with Crippen LogP contribution in [0.2, 0.25) is 0 Å². The van der Waals surface area contributed by atoms with Gasteiger partial charge in [0, 0.05) is 5.69 Å². The number of hydrogen-bond donors (Lipinski definition) is 2. The molecule has 0 aliphatic rings. The number of nitrogen functional groups attached to an aromatic ring is 1. The second kappa shape index (κ2) is 4.89. The van der Waals surface area contributed by atoms with Crippen molar-refractivity contribution in [3.05, 3.63) is 53.8 Å². The minimum Gasteiger partial charge on any atom is -0.399 e. The molecule has 0 amide bonds. The Morgan fingerprint density at radius 1 is 1.16 bits per heavy atom. The molecule has 0 unspecified atom stereocenters. The van der Waals surface area contributed by atoms with Crippen molar-refractivity contribution >= 4 is 21.4 Å². The zero-order valence-corrected chi connectivity index (χ0v) is 11.0. The van der Waals surface area contributed by atoms with Gasteiger partial charge in [0.25, 0.3) is 10.0 Å². The molecule has 2 aromatic carbocycles. The summed E-state index contributed by atoms with van der Waals surface area (Å²) in [6, 6.07) is 9.87. The van der Waals surface area contributed by atoms with E-state index in [0.29, 0.717) is 11.3 Å². The molecule has 0 heterocycles. The molecule has 0 aliphatic heterocycles. The molecule has 2 aromatic rings. The van der Waals surface area contributed by atoms with E-state index in [1.165, 1.54) is 24.3 Å². The molecule has 4 nitrogen and oxygen atoms in total. The number of hydrogen-bond acceptors (Lipinski definition) is 3. The van der Waals surface area contributed by atoms with Crippen LogP contribution in [0.25, 0.3) is 0 Å². The zero-order valence-electron chi connectivity index (χ0n) is 10.2. The van der Waals surface area contributed by atoms with Gasteiger partial charge in [0.1, 0.15) is 5.82 Å². The maximum Gasteiger partial charge on any atom is 0.262 e. The Morgan fingerprint density at radius 2 is 1.89 bits per heavy atom. The highest BCUT2D eigenvalue weighted by Gasteiger charge is 2.17. The highest BCUT2D eigenvalue weighted by molar-refractivity contribution is 7.92. The first-order chi connectivity index (χ1) is 8.88. The SMILES string of the molecule is Cc1ccc(N)cc1S(=O)(=O)Nc1cccc(F)c1. The number of halogens is 1. The Kier molecular flexibility index (Phi) is 3.44. The quantitative estimate of drug-likeness (QED) is 0.848. The second-order valence-corrected chi connectivity index (χ2v) is 5.79. The van der Waals surface area contributed by atoms with E-state index in [1.54, 1.807) is 19.1 Å². The molecule has 6 heteroatoms. The van der Waals surface area contributed by atoms with Crippen molar-refractivity contribution < 1.29 is 12.8 Å². The van der Waals surface area contributed by atoms with Gasteiger partial charge in [-0.3, -0.25) is 4.72 Å². The predicted octanol–water partition coefficient (Wildman–Crippen LogP) is 2.52. The van der Waals surface area contributed by atoms with Gasteiger partial charge in [-0.05, 0) is 42.8 Å². The highest BCUT2D eigenvalue weighted by atomic mass is 32.2. The average Bonchev–Trinajstić information content (AvgIpc) is 2.31. The summed E-state index contributed by atoms with van der Waals surface area (Å²) in [7, 11) is -3.78. The largest absolute Gasteiger partial charge is 0.399 e. The Morgan fingerprint density at radius 3 is 2.58 bits per heavy atom. The topological polar surface area (TPSA) is 72.2 Å². The van der Waals surface area contributed by atoms with Crippen LogP contribution in [-0.4, -0.2) is 8.42 Å². The van der Waals surface area contributed by atoms with Crippen molar-refractivity contribution in [2.75, 3.05) is 10.5 Å². The van der Waals surface area contributed by atoms with Crippen LogP contribution in [0.1, 0.15) is 5.56 Å². The summed E-state index contributed by atoms with van der Waals surface area (Å²) in [5.41, 5.74) is 6.68. The van der Waals surface area contributed by atoms with Crippen molar-refractivity contribution in [1.29, 1.82) is 0 Å². The molecule has 0 aromatic heterocycles. The van der Waals surface area contributed by atoms with Crippen LogP contribution in [0.4, 0.5) is 15.8 Å². The molecule has 3 N–H and O–H groups in total. The summed E-state index contributed by atoms with van der Waals surface area (Å²) in [6.07, 6.45) is 0. The molecule has 0 fully saturated rings. The average molecular weight is 280 g/mol. The van der Waals surface area contributed by atoms with E-state index in [4.69, 9.17) is 5.73 Å². The van der Waals surface area contributed by atoms with Gasteiger partial charge in [-0.1, -0.05) is 12.1 Å². The molecule has 2 rings (SSSR count). The first-order valence-corrected chi connectivity index (χ1v) is 7.01. The Bertz CT molecular complexity index is 714. The van der Waals surface area contributed by atoms with Crippen LogP contribution >= 0.6 is 0 Å². The second-order valence-electron chi connectivity index (χ2n) is 4.14. The monoisotopic (exact) mass is 280 g/mol. The van der Waals surface area contributed by atoms with Gasteiger partial charge in [-0.2, -0.15) is 0 Å². The van der Waals surface area contributed by atoms with Crippen molar-refractivity contribution in [3.8, 4) is 0 Å². The number of rotatable bonds is 3. The van der Waals surface area contributed by atoms with E-state index in [9.17, 15) is 12.8 Å². The number of nitrogens with one attached hydrogen (secondary N) is 1. The van der Waals surface area contributed by atoms with Crippen molar-refractivity contribution in [1.82, 2.24) is 0 Å². The standard InChI is InChI=1S/C13H13FN2O2S/c1-9-5-6-11(15)8-13(9)19(17,18)16-12-4-2-3-10(14)7-12/h2-8,16H,15H2,1H3. The summed E-state index contributed by atoms with van der Waals surface area (Å²) in [4.78, 5) is 0.0803. The molecular weight excluding hydrogens is 267 g/mol. The van der Waals surface area contributed by atoms with Crippen LogP contribution in [0.15, 0.2) is 47.4 Å². The van der Waals surface area contributed by atoms with E-state index in [0.717, 1.165) is 6.07 Å². The number of benzene rings is 2. The summed E-state index contributed by atoms with van der Waals surface area (Å²) in [5, 5.41) is 0. The maximum atomic E-state index is 13.0. The summed E-state index contributed by atoms with van der Waals surface area (Å²) in [5.74, 6) is -0.510. The van der Waals surface area contributed by atoms with E-state index < -0.39 is 15.8 Å². The third-order valence-corrected chi connectivity index (χ3v) is 4.10. The van der Waals surface area contributed by atoms with Crippen molar-refractivity contribution in [3.63, 3.8) is 0 Å². The molecular formula is C13H13FN2O2S. The smallest absolute Gasteiger partial charge is 0.262 e. The zero-order chi connectivity index (χ0) is 14.0. The van der Waals surface area contributed by atoms with Crippen LogP contribution < -0.4 is 10.5 Å². The lowest BCUT2D eigenvalue weighted by molar-refractivity contribution is 0.600. The van der Waals surface area contributed by atoms with Gasteiger partial charge < -0.3 is 5.73 Å². The van der Waals surface area contributed by atoms with Gasteiger partial charge in [0.05, 0.1) is 10.6 Å². The third kappa shape index (κ3) is 3.03. The molecule has 0 bridgehead atoms. The predicted molar refractivity (Wildman–Crippen MR) is 72.8 cm³/mol. The van der Waals surface area contributed by atoms with Crippen LogP contribution in [0, 0.1) is 12.7 Å². The lowest BCUT2D eigenvalue weighted by atomic mass is 10.2. The molecule has 0 atom stereocenters. The summed E-state index contributed by atoms with van der Waals surface area (Å²) >= 11 is 0. The van der Waals surface area contributed by atoms with Crippen molar-refractivity contribution in [2.24, 2.45) is 0 Å². The Hall–Kier alpha value is -2.08. The molecule has 0 saturated carbocycles. The van der Waals surface area contributed by atoms with Gasteiger partial charge in [-0.25, -0.2) is 12.8 Å². The van der Waals surface area contributed by atoms with Crippen molar-refractivity contribution in [2.45, 2.75) is 11.8 Å². The molecule has 0 spiro atoms. The van der Waals surface area contributed by atoms with Crippen LogP contribution in [0.5, 0.6) is 0 Å².